The van der Waals surface area contributed by atoms with Gasteiger partial charge >= 0.3 is 0 Å². The number of aliphatic hydroxyl groups is 1. The van der Waals surface area contributed by atoms with Gasteiger partial charge in [-0.2, -0.15) is 0 Å². The lowest BCUT2D eigenvalue weighted by atomic mass is 9.93. The second-order valence-electron chi connectivity index (χ2n) is 4.04. The average Bonchev–Trinajstić information content (AvgIpc) is 2.11. The molecule has 0 aromatic carbocycles. The summed E-state index contributed by atoms with van der Waals surface area (Å²) in [7, 11) is 0. The Morgan fingerprint density at radius 3 is 2.00 bits per heavy atom. The molecular weight excluding hydrogens is 148 g/mol. The summed E-state index contributed by atoms with van der Waals surface area (Å²) in [6.07, 6.45) is 4.38. The highest BCUT2D eigenvalue weighted by atomic mass is 16.3. The van der Waals surface area contributed by atoms with Gasteiger partial charge in [0.25, 0.3) is 0 Å². The number of hydrogen-bond acceptors (Lipinski definition) is 1. The van der Waals surface area contributed by atoms with Crippen molar-refractivity contribution in [3.05, 3.63) is 0 Å². The van der Waals surface area contributed by atoms with Gasteiger partial charge in [-0.1, -0.05) is 40.5 Å². The van der Waals surface area contributed by atoms with Crippen LogP contribution in [0.4, 0.5) is 0 Å². The lowest BCUT2D eigenvalue weighted by Gasteiger charge is -2.18. The van der Waals surface area contributed by atoms with Crippen molar-refractivity contribution in [1.82, 2.24) is 0 Å². The maximum absolute atomic E-state index is 9.66. The quantitative estimate of drug-likeness (QED) is 0.652. The molecule has 0 saturated heterocycles. The smallest absolute Gasteiger partial charge is 0.0565 e. The molecule has 0 heterocycles. The van der Waals surface area contributed by atoms with Crippen molar-refractivity contribution in [2.75, 3.05) is 0 Å². The van der Waals surface area contributed by atoms with Crippen molar-refractivity contribution in [3.63, 3.8) is 0 Å². The van der Waals surface area contributed by atoms with Crippen LogP contribution < -0.4 is 0 Å². The Kier molecular flexibility index (Phi) is 6.45. The largest absolute Gasteiger partial charge is 0.393 e. The summed E-state index contributed by atoms with van der Waals surface area (Å²) in [5.74, 6) is 1.23. The summed E-state index contributed by atoms with van der Waals surface area (Å²) in [5, 5.41) is 9.66. The molecule has 0 rings (SSSR count). The third-order valence-electron chi connectivity index (χ3n) is 2.95. The maximum Gasteiger partial charge on any atom is 0.0565 e. The molecule has 0 aromatic rings. The van der Waals surface area contributed by atoms with Crippen LogP contribution in [-0.2, 0) is 0 Å². The molecule has 0 radical (unpaired) electrons. The Bertz CT molecular complexity index is 101. The van der Waals surface area contributed by atoms with Crippen LogP contribution in [0.2, 0.25) is 0 Å². The van der Waals surface area contributed by atoms with Gasteiger partial charge in [-0.15, -0.1) is 0 Å². The van der Waals surface area contributed by atoms with Crippen molar-refractivity contribution < 1.29 is 5.11 Å². The van der Waals surface area contributed by atoms with Crippen LogP contribution in [0.25, 0.3) is 0 Å². The van der Waals surface area contributed by atoms with E-state index in [-0.39, 0.29) is 6.10 Å². The van der Waals surface area contributed by atoms with Crippen molar-refractivity contribution >= 4 is 0 Å². The third kappa shape index (κ3) is 4.76. The molecule has 1 N–H and O–H groups in total. The zero-order chi connectivity index (χ0) is 9.56. The van der Waals surface area contributed by atoms with E-state index in [1.165, 1.54) is 12.8 Å². The van der Waals surface area contributed by atoms with E-state index in [0.29, 0.717) is 5.92 Å². The summed E-state index contributed by atoms with van der Waals surface area (Å²) in [6, 6.07) is 0. The number of hydrogen-bond donors (Lipinski definition) is 1. The van der Waals surface area contributed by atoms with Gasteiger partial charge in [0.1, 0.15) is 0 Å². The van der Waals surface area contributed by atoms with Gasteiger partial charge in [-0.25, -0.2) is 0 Å². The van der Waals surface area contributed by atoms with Crippen LogP contribution >= 0.6 is 0 Å². The fraction of sp³-hybridized carbons (Fsp3) is 1.00. The van der Waals surface area contributed by atoms with Crippen LogP contribution in [0.15, 0.2) is 0 Å². The van der Waals surface area contributed by atoms with Crippen molar-refractivity contribution in [3.8, 4) is 0 Å². The lowest BCUT2D eigenvalue weighted by Crippen LogP contribution is -2.17. The molecular formula is C11H24O. The molecule has 0 aliphatic carbocycles. The Labute approximate surface area is 77.2 Å². The molecule has 1 nitrogen and oxygen atoms in total. The first kappa shape index (κ1) is 12.0. The van der Waals surface area contributed by atoms with E-state index in [4.69, 9.17) is 0 Å². The van der Waals surface area contributed by atoms with Crippen LogP contribution in [0.5, 0.6) is 0 Å². The molecule has 1 heteroatoms. The second-order valence-corrected chi connectivity index (χ2v) is 4.04. The van der Waals surface area contributed by atoms with Crippen LogP contribution in [0.1, 0.15) is 53.4 Å². The first-order chi connectivity index (χ1) is 5.61. The van der Waals surface area contributed by atoms with E-state index in [1.54, 1.807) is 0 Å². The first-order valence-corrected chi connectivity index (χ1v) is 5.29. The highest BCUT2D eigenvalue weighted by Gasteiger charge is 2.12. The average molecular weight is 172 g/mol. The van der Waals surface area contributed by atoms with Crippen molar-refractivity contribution in [1.29, 1.82) is 0 Å². The van der Waals surface area contributed by atoms with Gasteiger partial charge in [0, 0.05) is 0 Å². The summed E-state index contributed by atoms with van der Waals surface area (Å²) >= 11 is 0. The predicted molar refractivity (Wildman–Crippen MR) is 54.2 cm³/mol. The highest BCUT2D eigenvalue weighted by molar-refractivity contribution is 4.64. The monoisotopic (exact) mass is 172 g/mol. The summed E-state index contributed by atoms with van der Waals surface area (Å²) in [4.78, 5) is 0. The Morgan fingerprint density at radius 1 is 1.00 bits per heavy atom. The standard InChI is InChI=1S/C11H24O/c1-5-9(3)7-8-11(12)10(4)6-2/h9-12H,5-8H2,1-4H3. The summed E-state index contributed by atoms with van der Waals surface area (Å²) < 4.78 is 0. The van der Waals surface area contributed by atoms with Crippen molar-refractivity contribution in [2.24, 2.45) is 11.8 Å². The van der Waals surface area contributed by atoms with Gasteiger partial charge in [0.05, 0.1) is 6.10 Å². The summed E-state index contributed by atoms with van der Waals surface area (Å²) in [6.45, 7) is 8.72. The fourth-order valence-electron chi connectivity index (χ4n) is 1.22. The number of aliphatic hydroxyl groups excluding tert-OH is 1. The molecule has 0 bridgehead atoms. The molecule has 3 unspecified atom stereocenters. The van der Waals surface area contributed by atoms with Crippen LogP contribution in [0, 0.1) is 11.8 Å². The topological polar surface area (TPSA) is 20.2 Å². The van der Waals surface area contributed by atoms with Gasteiger partial charge in [0.2, 0.25) is 0 Å². The molecule has 0 aliphatic rings. The second kappa shape index (κ2) is 6.47. The highest BCUT2D eigenvalue weighted by Crippen LogP contribution is 2.17. The zero-order valence-electron chi connectivity index (χ0n) is 9.01. The van der Waals surface area contributed by atoms with E-state index in [9.17, 15) is 5.11 Å². The van der Waals surface area contributed by atoms with Gasteiger partial charge in [-0.05, 0) is 24.7 Å². The molecule has 12 heavy (non-hydrogen) atoms. The van der Waals surface area contributed by atoms with E-state index in [1.807, 2.05) is 0 Å². The molecule has 0 aromatic heterocycles. The maximum atomic E-state index is 9.66. The van der Waals surface area contributed by atoms with E-state index < -0.39 is 0 Å². The van der Waals surface area contributed by atoms with Gasteiger partial charge < -0.3 is 5.11 Å². The lowest BCUT2D eigenvalue weighted by molar-refractivity contribution is 0.0985. The molecule has 74 valence electrons. The molecule has 0 saturated carbocycles. The normalized spacial score (nSPS) is 18.8. The molecule has 0 amide bonds. The van der Waals surface area contributed by atoms with E-state index in [2.05, 4.69) is 27.7 Å². The minimum atomic E-state index is -0.0796. The Hall–Kier alpha value is -0.0400. The van der Waals surface area contributed by atoms with Crippen LogP contribution in [-0.4, -0.2) is 11.2 Å². The molecule has 0 aliphatic heterocycles. The number of rotatable bonds is 6. The Balaban J connectivity index is 3.49. The fourth-order valence-corrected chi connectivity index (χ4v) is 1.22. The van der Waals surface area contributed by atoms with Crippen molar-refractivity contribution in [2.45, 2.75) is 59.5 Å². The van der Waals surface area contributed by atoms with Crippen LogP contribution in [0.3, 0.4) is 0 Å². The predicted octanol–water partition coefficient (Wildman–Crippen LogP) is 3.22. The van der Waals surface area contributed by atoms with E-state index >= 15 is 0 Å². The molecule has 0 spiro atoms. The first-order valence-electron chi connectivity index (χ1n) is 5.29. The summed E-state index contributed by atoms with van der Waals surface area (Å²) in [5.41, 5.74) is 0. The van der Waals surface area contributed by atoms with Gasteiger partial charge in [0.15, 0.2) is 0 Å². The Morgan fingerprint density at radius 2 is 1.58 bits per heavy atom. The third-order valence-corrected chi connectivity index (χ3v) is 2.95. The minimum Gasteiger partial charge on any atom is -0.393 e. The zero-order valence-corrected chi connectivity index (χ0v) is 9.01. The SMILES string of the molecule is CCC(C)CCC(O)C(C)CC. The molecule has 3 atom stereocenters. The molecule has 0 fully saturated rings. The van der Waals surface area contributed by atoms with Gasteiger partial charge in [-0.3, -0.25) is 0 Å². The minimum absolute atomic E-state index is 0.0796. The van der Waals surface area contributed by atoms with E-state index in [0.717, 1.165) is 18.8 Å².